The van der Waals surface area contributed by atoms with E-state index in [1.165, 1.54) is 4.68 Å². The van der Waals surface area contributed by atoms with Crippen molar-refractivity contribution in [2.75, 3.05) is 12.3 Å². The van der Waals surface area contributed by atoms with Crippen LogP contribution in [0.25, 0.3) is 0 Å². The number of nitrogens with zero attached hydrogens (tertiary/aromatic N) is 3. The molecule has 0 aromatic carbocycles. The van der Waals surface area contributed by atoms with E-state index in [1.54, 1.807) is 20.2 Å². The van der Waals surface area contributed by atoms with Gasteiger partial charge in [0.1, 0.15) is 0 Å². The molecule has 2 aromatic rings. The number of carbonyl (C=O) groups excluding carboxylic acids is 1. The highest BCUT2D eigenvalue weighted by Gasteiger charge is 2.19. The second-order valence-corrected chi connectivity index (χ2v) is 4.18. The van der Waals surface area contributed by atoms with Crippen LogP contribution in [0.5, 0.6) is 0 Å². The molecule has 19 heavy (non-hydrogen) atoms. The number of nitrogens with two attached hydrogens (primary N) is 1. The summed E-state index contributed by atoms with van der Waals surface area (Å²) in [6.45, 7) is 2.01. The summed E-state index contributed by atoms with van der Waals surface area (Å²) in [6, 6.07) is 5.62. The van der Waals surface area contributed by atoms with Crippen molar-refractivity contribution in [3.05, 3.63) is 41.5 Å². The first-order chi connectivity index (χ1) is 9.09. The summed E-state index contributed by atoms with van der Waals surface area (Å²) in [6.07, 6.45) is 2.28. The van der Waals surface area contributed by atoms with Gasteiger partial charge in [-0.05, 0) is 19.1 Å². The number of esters is 1. The number of hydrogen-bond acceptors (Lipinski definition) is 5. The van der Waals surface area contributed by atoms with Gasteiger partial charge in [0.15, 0.2) is 5.69 Å². The molecule has 0 aliphatic heterocycles. The first-order valence-electron chi connectivity index (χ1n) is 5.95. The molecule has 0 bridgehead atoms. The van der Waals surface area contributed by atoms with E-state index < -0.39 is 5.97 Å². The van der Waals surface area contributed by atoms with E-state index in [9.17, 15) is 4.79 Å². The molecule has 0 saturated carbocycles. The van der Waals surface area contributed by atoms with Gasteiger partial charge in [-0.1, -0.05) is 6.07 Å². The van der Waals surface area contributed by atoms with Gasteiger partial charge in [-0.3, -0.25) is 9.67 Å². The van der Waals surface area contributed by atoms with Gasteiger partial charge in [0.25, 0.3) is 0 Å². The number of anilines is 1. The minimum atomic E-state index is -0.462. The summed E-state index contributed by atoms with van der Waals surface area (Å²) in [5, 5.41) is 4.08. The van der Waals surface area contributed by atoms with E-state index in [1.807, 2.05) is 18.2 Å². The minimum Gasteiger partial charge on any atom is -0.461 e. The molecule has 0 amide bonds. The summed E-state index contributed by atoms with van der Waals surface area (Å²) in [5.74, 6) is -0.462. The lowest BCUT2D eigenvalue weighted by Crippen LogP contribution is -2.14. The average molecular weight is 260 g/mol. The summed E-state index contributed by atoms with van der Waals surface area (Å²) in [5.41, 5.74) is 7.95. The van der Waals surface area contributed by atoms with E-state index in [4.69, 9.17) is 10.5 Å². The number of rotatable bonds is 4. The molecule has 2 rings (SSSR count). The van der Waals surface area contributed by atoms with Crippen molar-refractivity contribution in [2.24, 2.45) is 7.05 Å². The van der Waals surface area contributed by atoms with Crippen LogP contribution >= 0.6 is 0 Å². The molecule has 0 atom stereocenters. The van der Waals surface area contributed by atoms with Crippen molar-refractivity contribution in [2.45, 2.75) is 13.3 Å². The fraction of sp³-hybridized carbons (Fsp3) is 0.308. The quantitative estimate of drug-likeness (QED) is 0.832. The first-order valence-corrected chi connectivity index (χ1v) is 5.95. The minimum absolute atomic E-state index is 0.263. The predicted octanol–water partition coefficient (Wildman–Crippen LogP) is 1.11. The van der Waals surface area contributed by atoms with Crippen LogP contribution < -0.4 is 5.73 Å². The van der Waals surface area contributed by atoms with Crippen LogP contribution in [0.4, 0.5) is 5.69 Å². The Hall–Kier alpha value is -2.37. The van der Waals surface area contributed by atoms with Gasteiger partial charge in [-0.25, -0.2) is 4.79 Å². The highest BCUT2D eigenvalue weighted by atomic mass is 16.5. The number of hydrogen-bond donors (Lipinski definition) is 1. The van der Waals surface area contributed by atoms with Crippen LogP contribution in [0, 0.1) is 6.92 Å². The first kappa shape index (κ1) is 13.1. The van der Waals surface area contributed by atoms with E-state index >= 15 is 0 Å². The fourth-order valence-corrected chi connectivity index (χ4v) is 1.78. The molecular formula is C13H16N4O2. The number of carbonyl (C=O) groups is 1. The average Bonchev–Trinajstić information content (AvgIpc) is 2.64. The third-order valence-corrected chi connectivity index (χ3v) is 2.78. The molecule has 0 spiro atoms. The Morgan fingerprint density at radius 2 is 2.26 bits per heavy atom. The summed E-state index contributed by atoms with van der Waals surface area (Å²) in [7, 11) is 1.67. The Kier molecular flexibility index (Phi) is 3.79. The maximum absolute atomic E-state index is 11.9. The molecule has 2 heterocycles. The Morgan fingerprint density at radius 1 is 1.47 bits per heavy atom. The molecule has 0 aliphatic carbocycles. The van der Waals surface area contributed by atoms with Gasteiger partial charge < -0.3 is 10.5 Å². The summed E-state index contributed by atoms with van der Waals surface area (Å²) >= 11 is 0. The number of aromatic nitrogens is 3. The van der Waals surface area contributed by atoms with Gasteiger partial charge in [0.2, 0.25) is 0 Å². The van der Waals surface area contributed by atoms with Crippen LogP contribution in [0.3, 0.4) is 0 Å². The fourth-order valence-electron chi connectivity index (χ4n) is 1.78. The second-order valence-electron chi connectivity index (χ2n) is 4.18. The molecule has 0 radical (unpaired) electrons. The van der Waals surface area contributed by atoms with Gasteiger partial charge >= 0.3 is 5.97 Å². The molecule has 6 nitrogen and oxygen atoms in total. The maximum Gasteiger partial charge on any atom is 0.358 e. The Balaban J connectivity index is 1.95. The van der Waals surface area contributed by atoms with E-state index in [2.05, 4.69) is 10.1 Å². The second kappa shape index (κ2) is 5.51. The van der Waals surface area contributed by atoms with Crippen LogP contribution in [-0.4, -0.2) is 27.3 Å². The zero-order valence-electron chi connectivity index (χ0n) is 11.0. The SMILES string of the molecule is Cc1nn(C)c(C(=O)OCCc2ccccn2)c1N. The highest BCUT2D eigenvalue weighted by Crippen LogP contribution is 2.16. The van der Waals surface area contributed by atoms with Crippen LogP contribution in [0.2, 0.25) is 0 Å². The van der Waals surface area contributed by atoms with Gasteiger partial charge in [-0.2, -0.15) is 5.10 Å². The number of ether oxygens (including phenoxy) is 1. The molecule has 0 unspecified atom stereocenters. The maximum atomic E-state index is 11.9. The number of pyridine rings is 1. The lowest BCUT2D eigenvalue weighted by atomic mass is 10.3. The number of aryl methyl sites for hydroxylation is 2. The topological polar surface area (TPSA) is 83.0 Å². The zero-order valence-corrected chi connectivity index (χ0v) is 11.0. The Bertz CT molecular complexity index is 578. The zero-order chi connectivity index (χ0) is 13.8. The lowest BCUT2D eigenvalue weighted by Gasteiger charge is -2.05. The van der Waals surface area contributed by atoms with Crippen molar-refractivity contribution < 1.29 is 9.53 Å². The molecule has 2 aromatic heterocycles. The standard InChI is InChI=1S/C13H16N4O2/c1-9-11(14)12(17(2)16-9)13(18)19-8-6-10-5-3-4-7-15-10/h3-5,7H,6,8,14H2,1-2H3. The molecular weight excluding hydrogens is 244 g/mol. The summed E-state index contributed by atoms with van der Waals surface area (Å²) in [4.78, 5) is 16.1. The van der Waals surface area contributed by atoms with Crippen molar-refractivity contribution in [1.29, 1.82) is 0 Å². The van der Waals surface area contributed by atoms with E-state index in [0.29, 0.717) is 23.5 Å². The lowest BCUT2D eigenvalue weighted by molar-refractivity contribution is 0.0497. The van der Waals surface area contributed by atoms with Gasteiger partial charge in [-0.15, -0.1) is 0 Å². The van der Waals surface area contributed by atoms with Crippen LogP contribution in [-0.2, 0) is 18.2 Å². The van der Waals surface area contributed by atoms with Crippen molar-refractivity contribution in [1.82, 2.24) is 14.8 Å². The van der Waals surface area contributed by atoms with Crippen LogP contribution in [0.1, 0.15) is 21.9 Å². The van der Waals surface area contributed by atoms with Gasteiger partial charge in [0, 0.05) is 25.4 Å². The molecule has 2 N–H and O–H groups in total. The molecule has 100 valence electrons. The van der Waals surface area contributed by atoms with E-state index in [-0.39, 0.29) is 6.61 Å². The Labute approximate surface area is 111 Å². The van der Waals surface area contributed by atoms with Crippen molar-refractivity contribution >= 4 is 11.7 Å². The third-order valence-electron chi connectivity index (χ3n) is 2.78. The van der Waals surface area contributed by atoms with E-state index in [0.717, 1.165) is 5.69 Å². The predicted molar refractivity (Wildman–Crippen MR) is 70.6 cm³/mol. The summed E-state index contributed by atoms with van der Waals surface area (Å²) < 4.78 is 6.63. The smallest absolute Gasteiger partial charge is 0.358 e. The molecule has 0 aliphatic rings. The molecule has 6 heteroatoms. The monoisotopic (exact) mass is 260 g/mol. The highest BCUT2D eigenvalue weighted by molar-refractivity contribution is 5.93. The van der Waals surface area contributed by atoms with Crippen LogP contribution in [0.15, 0.2) is 24.4 Å². The van der Waals surface area contributed by atoms with Crippen molar-refractivity contribution in [3.63, 3.8) is 0 Å². The van der Waals surface area contributed by atoms with Gasteiger partial charge in [0.05, 0.1) is 18.0 Å². The molecule has 0 fully saturated rings. The Morgan fingerprint density at radius 3 is 2.84 bits per heavy atom. The molecule has 0 saturated heterocycles. The van der Waals surface area contributed by atoms with Crippen molar-refractivity contribution in [3.8, 4) is 0 Å². The third kappa shape index (κ3) is 2.90. The largest absolute Gasteiger partial charge is 0.461 e. The normalized spacial score (nSPS) is 10.4. The number of nitrogen functional groups attached to an aromatic ring is 1.